The molecule has 1 rings (SSSR count). The average Bonchev–Trinajstić information content (AvgIpc) is 2.92. The molecule has 29 heavy (non-hydrogen) atoms. The third kappa shape index (κ3) is 9.24. The molecule has 0 amide bonds. The van der Waals surface area contributed by atoms with Gasteiger partial charge in [0.2, 0.25) is 0 Å². The molecule has 6 nitrogen and oxygen atoms in total. The molecule has 6 heteroatoms. The second kappa shape index (κ2) is 12.9. The number of carbonyl (C=O) groups is 2. The lowest BCUT2D eigenvalue weighted by Gasteiger charge is -2.28. The first-order chi connectivity index (χ1) is 13.7. The number of unbranched alkanes of at least 4 members (excludes halogenated alkanes) is 2. The van der Waals surface area contributed by atoms with Crippen molar-refractivity contribution in [1.29, 1.82) is 0 Å². The lowest BCUT2D eigenvalue weighted by atomic mass is 9.83. The van der Waals surface area contributed by atoms with Gasteiger partial charge >= 0.3 is 5.97 Å². The molecular formula is C23H38O6. The summed E-state index contributed by atoms with van der Waals surface area (Å²) in [5.41, 5.74) is -1.00. The van der Waals surface area contributed by atoms with E-state index in [9.17, 15) is 19.8 Å². The minimum atomic E-state index is -1.00. The number of hydrogen-bond donors (Lipinski definition) is 3. The average molecular weight is 411 g/mol. The number of carbonyl (C=O) groups excluding carboxylic acids is 1. The Morgan fingerprint density at radius 1 is 1.31 bits per heavy atom. The Labute approximate surface area is 174 Å². The maximum atomic E-state index is 12.3. The minimum absolute atomic E-state index is 0.0367. The van der Waals surface area contributed by atoms with E-state index in [4.69, 9.17) is 9.84 Å². The van der Waals surface area contributed by atoms with Crippen LogP contribution < -0.4 is 0 Å². The molecular weight excluding hydrogens is 372 g/mol. The molecule has 0 aromatic carbocycles. The van der Waals surface area contributed by atoms with Crippen molar-refractivity contribution in [3.05, 3.63) is 24.3 Å². The molecule has 3 N–H and O–H groups in total. The molecule has 1 saturated carbocycles. The van der Waals surface area contributed by atoms with E-state index in [1.54, 1.807) is 20.1 Å². The van der Waals surface area contributed by atoms with Gasteiger partial charge in [0.05, 0.1) is 11.7 Å². The monoisotopic (exact) mass is 410 g/mol. The summed E-state index contributed by atoms with van der Waals surface area (Å²) in [6.07, 6.45) is 11.5. The van der Waals surface area contributed by atoms with Gasteiger partial charge in [0.15, 0.2) is 0 Å². The van der Waals surface area contributed by atoms with Gasteiger partial charge in [-0.15, -0.1) is 0 Å². The quantitative estimate of drug-likeness (QED) is 0.299. The van der Waals surface area contributed by atoms with Gasteiger partial charge in [-0.25, -0.2) is 0 Å². The van der Waals surface area contributed by atoms with Crippen molar-refractivity contribution in [3.8, 4) is 0 Å². The number of ketones is 1. The van der Waals surface area contributed by atoms with Crippen molar-refractivity contribution in [1.82, 2.24) is 0 Å². The molecule has 0 bridgehead atoms. The van der Waals surface area contributed by atoms with Crippen LogP contribution in [-0.2, 0) is 14.3 Å². The first-order valence-electron chi connectivity index (χ1n) is 10.7. The summed E-state index contributed by atoms with van der Waals surface area (Å²) >= 11 is 0. The lowest BCUT2D eigenvalue weighted by molar-refractivity contribution is -0.137. The summed E-state index contributed by atoms with van der Waals surface area (Å²) < 4.78 is 5.05. The van der Waals surface area contributed by atoms with Gasteiger partial charge in [-0.1, -0.05) is 37.6 Å². The number of allylic oxidation sites excluding steroid dienone is 2. The molecule has 0 spiro atoms. The van der Waals surface area contributed by atoms with Crippen LogP contribution in [-0.4, -0.2) is 52.5 Å². The van der Waals surface area contributed by atoms with E-state index >= 15 is 0 Å². The van der Waals surface area contributed by atoms with Crippen LogP contribution in [0.4, 0.5) is 0 Å². The van der Waals surface area contributed by atoms with Crippen LogP contribution in [0.1, 0.15) is 65.2 Å². The fourth-order valence-corrected chi connectivity index (χ4v) is 3.72. The summed E-state index contributed by atoms with van der Waals surface area (Å²) in [6, 6.07) is 0. The van der Waals surface area contributed by atoms with Crippen LogP contribution in [0.15, 0.2) is 24.3 Å². The molecule has 0 saturated heterocycles. The predicted molar refractivity (Wildman–Crippen MR) is 113 cm³/mol. The summed E-state index contributed by atoms with van der Waals surface area (Å²) in [5, 5.41) is 29.8. The van der Waals surface area contributed by atoms with E-state index in [1.165, 1.54) is 0 Å². The van der Waals surface area contributed by atoms with E-state index in [-0.39, 0.29) is 36.4 Å². The highest BCUT2D eigenvalue weighted by Crippen LogP contribution is 2.34. The maximum absolute atomic E-state index is 12.3. The van der Waals surface area contributed by atoms with Crippen LogP contribution in [0, 0.1) is 17.8 Å². The minimum Gasteiger partial charge on any atom is -0.481 e. The third-order valence-electron chi connectivity index (χ3n) is 5.94. The van der Waals surface area contributed by atoms with E-state index < -0.39 is 17.7 Å². The molecule has 0 aromatic rings. The number of hydrogen-bond acceptors (Lipinski definition) is 5. The second-order valence-electron chi connectivity index (χ2n) is 8.39. The zero-order valence-corrected chi connectivity index (χ0v) is 18.0. The molecule has 5 atom stereocenters. The van der Waals surface area contributed by atoms with Crippen molar-refractivity contribution in [3.63, 3.8) is 0 Å². The standard InChI is InChI=1S/C23H38O6/c1-17(10-8-9-15-29-3)23(2,28)14-13-19-18(20(24)16-21(19)25)11-6-4-5-7-12-22(26)27/h4,6,13-14,17-19,21,25,28H,5,7-12,15-16H2,1-3H3,(H,26,27)/b6-4-,14-13+/t17?,18-,19-,21-,23-/m1/s1. The van der Waals surface area contributed by atoms with E-state index in [0.717, 1.165) is 19.3 Å². The molecule has 0 radical (unpaired) electrons. The van der Waals surface area contributed by atoms with Crippen LogP contribution in [0.3, 0.4) is 0 Å². The normalized spacial score (nSPS) is 25.7. The highest BCUT2D eigenvalue weighted by atomic mass is 16.5. The first kappa shape index (κ1) is 25.5. The third-order valence-corrected chi connectivity index (χ3v) is 5.94. The van der Waals surface area contributed by atoms with Crippen molar-refractivity contribution in [2.75, 3.05) is 13.7 Å². The number of Topliss-reactive ketones (excluding diaryl/α,β-unsaturated/α-hetero) is 1. The Bertz CT molecular complexity index is 566. The number of aliphatic hydroxyl groups is 2. The van der Waals surface area contributed by atoms with Crippen molar-refractivity contribution in [2.24, 2.45) is 17.8 Å². The topological polar surface area (TPSA) is 104 Å². The molecule has 1 aliphatic rings. The largest absolute Gasteiger partial charge is 0.481 e. The Hall–Kier alpha value is -1.50. The van der Waals surface area contributed by atoms with Gasteiger partial charge in [-0.3, -0.25) is 9.59 Å². The molecule has 1 aliphatic carbocycles. The van der Waals surface area contributed by atoms with Gasteiger partial charge < -0.3 is 20.1 Å². The zero-order valence-electron chi connectivity index (χ0n) is 18.0. The molecule has 166 valence electrons. The fraction of sp³-hybridized carbons (Fsp3) is 0.739. The molecule has 0 aliphatic heterocycles. The van der Waals surface area contributed by atoms with Gasteiger partial charge in [0.25, 0.3) is 0 Å². The van der Waals surface area contributed by atoms with Crippen LogP contribution in [0.2, 0.25) is 0 Å². The highest BCUT2D eigenvalue weighted by molar-refractivity contribution is 5.84. The first-order valence-corrected chi connectivity index (χ1v) is 10.7. The number of carboxylic acid groups (broad SMARTS) is 1. The highest BCUT2D eigenvalue weighted by Gasteiger charge is 2.39. The summed E-state index contributed by atoms with van der Waals surface area (Å²) in [5.74, 6) is -1.33. The molecule has 1 fully saturated rings. The van der Waals surface area contributed by atoms with Gasteiger partial charge in [-0.05, 0) is 44.9 Å². The second-order valence-corrected chi connectivity index (χ2v) is 8.39. The van der Waals surface area contributed by atoms with E-state index in [0.29, 0.717) is 25.9 Å². The molecule has 0 heterocycles. The summed E-state index contributed by atoms with van der Waals surface area (Å²) in [6.45, 7) is 4.49. The number of aliphatic hydroxyl groups excluding tert-OH is 1. The van der Waals surface area contributed by atoms with Gasteiger partial charge in [-0.2, -0.15) is 0 Å². The van der Waals surface area contributed by atoms with Crippen LogP contribution in [0.5, 0.6) is 0 Å². The number of rotatable bonds is 14. The molecule has 1 unspecified atom stereocenters. The number of aliphatic carboxylic acids is 1. The Balaban J connectivity index is 2.61. The summed E-state index contributed by atoms with van der Waals surface area (Å²) in [4.78, 5) is 22.8. The van der Waals surface area contributed by atoms with Gasteiger partial charge in [0.1, 0.15) is 5.78 Å². The fourth-order valence-electron chi connectivity index (χ4n) is 3.72. The van der Waals surface area contributed by atoms with E-state index in [1.807, 2.05) is 25.2 Å². The van der Waals surface area contributed by atoms with Crippen molar-refractivity contribution >= 4 is 11.8 Å². The maximum Gasteiger partial charge on any atom is 0.303 e. The van der Waals surface area contributed by atoms with Crippen molar-refractivity contribution < 1.29 is 29.6 Å². The Morgan fingerprint density at radius 2 is 2.03 bits per heavy atom. The lowest BCUT2D eigenvalue weighted by Crippen LogP contribution is -2.31. The Morgan fingerprint density at radius 3 is 2.69 bits per heavy atom. The van der Waals surface area contributed by atoms with Crippen LogP contribution in [0.25, 0.3) is 0 Å². The zero-order chi connectivity index (χ0) is 21.9. The number of ether oxygens (including phenoxy) is 1. The van der Waals surface area contributed by atoms with Crippen molar-refractivity contribution in [2.45, 2.75) is 76.9 Å². The van der Waals surface area contributed by atoms with Crippen LogP contribution >= 0.6 is 0 Å². The number of methoxy groups -OCH3 is 1. The van der Waals surface area contributed by atoms with Gasteiger partial charge in [0, 0.05) is 38.4 Å². The number of carboxylic acids is 1. The summed E-state index contributed by atoms with van der Waals surface area (Å²) in [7, 11) is 1.68. The van der Waals surface area contributed by atoms with E-state index in [2.05, 4.69) is 0 Å². The SMILES string of the molecule is COCCCCC(C)[C@](C)(O)/C=C/[C@H]1[C@H](O)CC(=O)[C@@H]1C/C=C\CCCC(=O)O. The molecule has 0 aromatic heterocycles. The smallest absolute Gasteiger partial charge is 0.303 e. The Kier molecular flexibility index (Phi) is 11.4. The predicted octanol–water partition coefficient (Wildman–Crippen LogP) is 3.51.